The van der Waals surface area contributed by atoms with Crippen LogP contribution in [0.2, 0.25) is 0 Å². The Kier molecular flexibility index (Phi) is 3.96. The zero-order chi connectivity index (χ0) is 15.6. The van der Waals surface area contributed by atoms with Crippen molar-refractivity contribution in [3.8, 4) is 11.4 Å². The number of nitrogens with zero attached hydrogens (tertiary/aromatic N) is 4. The molecule has 0 bridgehead atoms. The molecule has 116 valence electrons. The largest absolute Gasteiger partial charge is 0.438 e. The lowest BCUT2D eigenvalue weighted by atomic mass is 10.1. The highest BCUT2D eigenvalue weighted by Crippen LogP contribution is 2.35. The van der Waals surface area contributed by atoms with Crippen molar-refractivity contribution in [2.24, 2.45) is 0 Å². The molecule has 0 atom stereocenters. The Morgan fingerprint density at radius 2 is 1.59 bits per heavy atom. The summed E-state index contributed by atoms with van der Waals surface area (Å²) < 4.78 is 39.5. The van der Waals surface area contributed by atoms with Crippen molar-refractivity contribution in [2.75, 3.05) is 18.0 Å². The fourth-order valence-corrected chi connectivity index (χ4v) is 2.54. The van der Waals surface area contributed by atoms with Crippen LogP contribution in [0.3, 0.4) is 0 Å². The van der Waals surface area contributed by atoms with Crippen LogP contribution in [0, 0.1) is 0 Å². The normalized spacial score (nSPS) is 15.9. The standard InChI is InChI=1S/C15H15F3N4/c16-15(17,18)12-14(22-9-5-2-6-10-22)19-13(21-20-12)11-7-3-1-4-8-11/h1,3-4,7-8H,2,5-6,9-10H2. The van der Waals surface area contributed by atoms with Crippen LogP contribution in [0.5, 0.6) is 0 Å². The van der Waals surface area contributed by atoms with E-state index >= 15 is 0 Å². The summed E-state index contributed by atoms with van der Waals surface area (Å²) in [5, 5.41) is 7.09. The van der Waals surface area contributed by atoms with E-state index in [-0.39, 0.29) is 11.6 Å². The second kappa shape index (κ2) is 5.90. The van der Waals surface area contributed by atoms with Crippen LogP contribution in [0.4, 0.5) is 19.0 Å². The van der Waals surface area contributed by atoms with E-state index in [1.807, 2.05) is 6.07 Å². The highest BCUT2D eigenvalue weighted by atomic mass is 19.4. The summed E-state index contributed by atoms with van der Waals surface area (Å²) in [6, 6.07) is 8.91. The smallest absolute Gasteiger partial charge is 0.355 e. The van der Waals surface area contributed by atoms with Gasteiger partial charge in [0.05, 0.1) is 0 Å². The van der Waals surface area contributed by atoms with E-state index in [4.69, 9.17) is 0 Å². The fourth-order valence-electron chi connectivity index (χ4n) is 2.54. The first-order valence-corrected chi connectivity index (χ1v) is 7.18. The van der Waals surface area contributed by atoms with E-state index in [9.17, 15) is 13.2 Å². The molecule has 4 nitrogen and oxygen atoms in total. The quantitative estimate of drug-likeness (QED) is 0.851. The molecule has 0 saturated carbocycles. The first kappa shape index (κ1) is 14.7. The minimum Gasteiger partial charge on any atom is -0.355 e. The molecule has 1 aliphatic rings. The Labute approximate surface area is 126 Å². The zero-order valence-corrected chi connectivity index (χ0v) is 11.8. The summed E-state index contributed by atoms with van der Waals surface area (Å²) in [4.78, 5) is 5.83. The average Bonchev–Trinajstić information content (AvgIpc) is 2.55. The van der Waals surface area contributed by atoms with Gasteiger partial charge in [-0.15, -0.1) is 10.2 Å². The van der Waals surface area contributed by atoms with Crippen molar-refractivity contribution in [1.82, 2.24) is 15.2 Å². The van der Waals surface area contributed by atoms with E-state index < -0.39 is 11.9 Å². The molecular weight excluding hydrogens is 293 g/mol. The predicted octanol–water partition coefficient (Wildman–Crippen LogP) is 3.55. The van der Waals surface area contributed by atoms with Crippen LogP contribution >= 0.6 is 0 Å². The SMILES string of the molecule is FC(F)(F)c1nnc(-c2ccccc2)nc1N1CCCCC1. The molecule has 3 rings (SSSR count). The number of hydrogen-bond donors (Lipinski definition) is 0. The van der Waals surface area contributed by atoms with Gasteiger partial charge in [-0.25, -0.2) is 4.98 Å². The number of hydrogen-bond acceptors (Lipinski definition) is 4. The molecule has 1 fully saturated rings. The number of piperidine rings is 1. The Morgan fingerprint density at radius 1 is 0.909 bits per heavy atom. The predicted molar refractivity (Wildman–Crippen MR) is 76.3 cm³/mol. The minimum absolute atomic E-state index is 0.110. The van der Waals surface area contributed by atoms with Crippen molar-refractivity contribution in [3.63, 3.8) is 0 Å². The molecule has 2 aromatic rings. The van der Waals surface area contributed by atoms with Crippen molar-refractivity contribution >= 4 is 5.82 Å². The first-order valence-electron chi connectivity index (χ1n) is 7.18. The van der Waals surface area contributed by atoms with Crippen molar-refractivity contribution in [1.29, 1.82) is 0 Å². The van der Waals surface area contributed by atoms with Crippen LogP contribution in [-0.4, -0.2) is 28.3 Å². The van der Waals surface area contributed by atoms with Gasteiger partial charge in [-0.3, -0.25) is 0 Å². The van der Waals surface area contributed by atoms with Crippen LogP contribution < -0.4 is 4.90 Å². The second-order valence-electron chi connectivity index (χ2n) is 5.22. The van der Waals surface area contributed by atoms with Gasteiger partial charge < -0.3 is 4.90 Å². The van der Waals surface area contributed by atoms with Gasteiger partial charge in [0, 0.05) is 18.7 Å². The molecule has 1 saturated heterocycles. The number of rotatable bonds is 2. The van der Waals surface area contributed by atoms with E-state index in [0.717, 1.165) is 19.3 Å². The maximum Gasteiger partial charge on any atom is 0.438 e. The monoisotopic (exact) mass is 308 g/mol. The third kappa shape index (κ3) is 3.03. The maximum absolute atomic E-state index is 13.2. The first-order chi connectivity index (χ1) is 10.6. The number of benzene rings is 1. The summed E-state index contributed by atoms with van der Waals surface area (Å²) in [6.07, 6.45) is -1.80. The molecule has 22 heavy (non-hydrogen) atoms. The lowest BCUT2D eigenvalue weighted by Gasteiger charge is -2.29. The van der Waals surface area contributed by atoms with Crippen molar-refractivity contribution in [3.05, 3.63) is 36.0 Å². The lowest BCUT2D eigenvalue weighted by molar-refractivity contribution is -0.141. The maximum atomic E-state index is 13.2. The number of aromatic nitrogens is 3. The molecule has 1 aromatic heterocycles. The molecule has 1 aromatic carbocycles. The Bertz CT molecular complexity index is 637. The Hall–Kier alpha value is -2.18. The third-order valence-electron chi connectivity index (χ3n) is 3.62. The summed E-state index contributed by atoms with van der Waals surface area (Å²) in [5.74, 6) is 0.107. The van der Waals surface area contributed by atoms with Crippen molar-refractivity contribution < 1.29 is 13.2 Å². The van der Waals surface area contributed by atoms with Gasteiger partial charge in [0.25, 0.3) is 0 Å². The van der Waals surface area contributed by atoms with Gasteiger partial charge in [0.15, 0.2) is 11.6 Å². The molecule has 0 radical (unpaired) electrons. The topological polar surface area (TPSA) is 41.9 Å². The number of halogens is 3. The molecule has 0 amide bonds. The molecule has 0 unspecified atom stereocenters. The molecule has 1 aliphatic heterocycles. The summed E-state index contributed by atoms with van der Waals surface area (Å²) in [5.41, 5.74) is -0.351. The van der Waals surface area contributed by atoms with E-state index in [2.05, 4.69) is 15.2 Å². The third-order valence-corrected chi connectivity index (χ3v) is 3.62. The van der Waals surface area contributed by atoms with Gasteiger partial charge in [0.2, 0.25) is 5.69 Å². The average molecular weight is 308 g/mol. The Balaban J connectivity index is 2.06. The van der Waals surface area contributed by atoms with Gasteiger partial charge in [-0.2, -0.15) is 13.2 Å². The molecular formula is C15H15F3N4. The lowest BCUT2D eigenvalue weighted by Crippen LogP contribution is -2.33. The summed E-state index contributed by atoms with van der Waals surface area (Å²) in [6.45, 7) is 1.13. The van der Waals surface area contributed by atoms with Crippen molar-refractivity contribution in [2.45, 2.75) is 25.4 Å². The second-order valence-corrected chi connectivity index (χ2v) is 5.22. The van der Waals surface area contributed by atoms with E-state index in [0.29, 0.717) is 18.7 Å². The Morgan fingerprint density at radius 3 is 2.23 bits per heavy atom. The number of alkyl halides is 3. The summed E-state index contributed by atoms with van der Waals surface area (Å²) >= 11 is 0. The minimum atomic E-state index is -4.55. The van der Waals surface area contributed by atoms with Crippen LogP contribution in [0.15, 0.2) is 30.3 Å². The van der Waals surface area contributed by atoms with E-state index in [1.165, 1.54) is 0 Å². The zero-order valence-electron chi connectivity index (χ0n) is 11.8. The van der Waals surface area contributed by atoms with Crippen LogP contribution in [0.1, 0.15) is 25.0 Å². The van der Waals surface area contributed by atoms with E-state index in [1.54, 1.807) is 29.2 Å². The molecule has 7 heteroatoms. The van der Waals surface area contributed by atoms with Gasteiger partial charge in [-0.1, -0.05) is 30.3 Å². The highest BCUT2D eigenvalue weighted by molar-refractivity contribution is 5.58. The number of anilines is 1. The van der Waals surface area contributed by atoms with Gasteiger partial charge >= 0.3 is 6.18 Å². The summed E-state index contributed by atoms with van der Waals surface area (Å²) in [7, 11) is 0. The molecule has 0 N–H and O–H groups in total. The van der Waals surface area contributed by atoms with Gasteiger partial charge in [-0.05, 0) is 19.3 Å². The van der Waals surface area contributed by atoms with Crippen LogP contribution in [0.25, 0.3) is 11.4 Å². The molecule has 0 aliphatic carbocycles. The van der Waals surface area contributed by atoms with Crippen LogP contribution in [-0.2, 0) is 6.18 Å². The highest BCUT2D eigenvalue weighted by Gasteiger charge is 2.39. The molecule has 2 heterocycles. The fraction of sp³-hybridized carbons (Fsp3) is 0.400. The molecule has 0 spiro atoms. The van der Waals surface area contributed by atoms with Gasteiger partial charge in [0.1, 0.15) is 0 Å².